The van der Waals surface area contributed by atoms with E-state index in [0.29, 0.717) is 0 Å². The summed E-state index contributed by atoms with van der Waals surface area (Å²) in [4.78, 5) is 4.02. The minimum Gasteiger partial charge on any atom is -0.373 e. The largest absolute Gasteiger partial charge is 0.373 e. The van der Waals surface area contributed by atoms with Gasteiger partial charge in [-0.3, -0.25) is 0 Å². The molecule has 0 aliphatic heterocycles. The first kappa shape index (κ1) is 8.27. The van der Waals surface area contributed by atoms with Gasteiger partial charge in [0.25, 0.3) is 0 Å². The molecule has 0 aliphatic carbocycles. The third kappa shape index (κ3) is 1.43. The van der Waals surface area contributed by atoms with E-state index in [1.807, 2.05) is 31.7 Å². The van der Waals surface area contributed by atoms with Crippen molar-refractivity contribution in [3.05, 3.63) is 18.2 Å². The lowest BCUT2D eigenvalue weighted by atomic mass is 10.1. The Morgan fingerprint density at radius 2 is 2.18 bits per heavy atom. The second-order valence-corrected chi connectivity index (χ2v) is 3.10. The predicted molar refractivity (Wildman–Crippen MR) is 43.2 cm³/mol. The van der Waals surface area contributed by atoms with E-state index in [2.05, 4.69) is 4.98 Å². The summed E-state index contributed by atoms with van der Waals surface area (Å²) < 4.78 is 7.26. The van der Waals surface area contributed by atoms with Crippen molar-refractivity contribution < 1.29 is 4.74 Å². The molecule has 0 aliphatic rings. The Kier molecular flexibility index (Phi) is 2.00. The van der Waals surface area contributed by atoms with Gasteiger partial charge in [-0.25, -0.2) is 4.98 Å². The van der Waals surface area contributed by atoms with Crippen LogP contribution in [0.3, 0.4) is 0 Å². The third-order valence-corrected chi connectivity index (χ3v) is 1.94. The molecule has 0 bridgehead atoms. The van der Waals surface area contributed by atoms with E-state index in [9.17, 15) is 0 Å². The van der Waals surface area contributed by atoms with Gasteiger partial charge in [0.2, 0.25) is 0 Å². The van der Waals surface area contributed by atoms with Gasteiger partial charge in [-0.1, -0.05) is 0 Å². The van der Waals surface area contributed by atoms with Crippen LogP contribution in [-0.4, -0.2) is 16.7 Å². The van der Waals surface area contributed by atoms with E-state index in [-0.39, 0.29) is 5.60 Å². The van der Waals surface area contributed by atoms with Crippen LogP contribution >= 0.6 is 0 Å². The highest BCUT2D eigenvalue weighted by Crippen LogP contribution is 2.21. The highest BCUT2D eigenvalue weighted by atomic mass is 16.5. The topological polar surface area (TPSA) is 27.1 Å². The van der Waals surface area contributed by atoms with Crippen LogP contribution in [0.4, 0.5) is 0 Å². The molecule has 0 spiro atoms. The summed E-state index contributed by atoms with van der Waals surface area (Å²) in [5.41, 5.74) is 0.839. The first-order chi connectivity index (χ1) is 5.08. The van der Waals surface area contributed by atoms with Crippen molar-refractivity contribution in [2.24, 2.45) is 7.05 Å². The highest BCUT2D eigenvalue weighted by molar-refractivity contribution is 5.07. The first-order valence-electron chi connectivity index (χ1n) is 3.60. The zero-order chi connectivity index (χ0) is 8.48. The van der Waals surface area contributed by atoms with E-state index in [4.69, 9.17) is 4.74 Å². The highest BCUT2D eigenvalue weighted by Gasteiger charge is 2.22. The average Bonchev–Trinajstić information content (AvgIpc) is 2.36. The summed E-state index contributed by atoms with van der Waals surface area (Å²) in [5.74, 6) is 0. The van der Waals surface area contributed by atoms with E-state index in [1.165, 1.54) is 0 Å². The van der Waals surface area contributed by atoms with Crippen LogP contribution in [0.5, 0.6) is 0 Å². The molecule has 0 fully saturated rings. The SMILES string of the molecule is COC(C)(C)c1cncn1C. The number of imidazole rings is 1. The van der Waals surface area contributed by atoms with E-state index in [0.717, 1.165) is 5.69 Å². The molecule has 3 heteroatoms. The molecule has 0 atom stereocenters. The van der Waals surface area contributed by atoms with Gasteiger partial charge >= 0.3 is 0 Å². The quantitative estimate of drug-likeness (QED) is 0.642. The number of aromatic nitrogens is 2. The lowest BCUT2D eigenvalue weighted by Gasteiger charge is -2.22. The van der Waals surface area contributed by atoms with Crippen molar-refractivity contribution in [3.8, 4) is 0 Å². The Bertz CT molecular complexity index is 240. The number of rotatable bonds is 2. The fourth-order valence-corrected chi connectivity index (χ4v) is 1.04. The molecule has 3 nitrogen and oxygen atoms in total. The molecule has 0 aromatic carbocycles. The molecular formula is C8H14N2O. The normalized spacial score (nSPS) is 12.0. The van der Waals surface area contributed by atoms with Crippen molar-refractivity contribution in [1.82, 2.24) is 9.55 Å². The number of ether oxygens (including phenoxy) is 1. The van der Waals surface area contributed by atoms with Crippen molar-refractivity contribution in [2.45, 2.75) is 19.4 Å². The second kappa shape index (κ2) is 2.66. The molecule has 0 radical (unpaired) electrons. The second-order valence-electron chi connectivity index (χ2n) is 3.10. The Labute approximate surface area is 67.0 Å². The average molecular weight is 154 g/mol. The maximum atomic E-state index is 5.30. The first-order valence-corrected chi connectivity index (χ1v) is 3.60. The standard InChI is InChI=1S/C8H14N2O/c1-8(2,11-4)7-5-9-6-10(7)3/h5-6H,1-4H3. The molecule has 0 amide bonds. The smallest absolute Gasteiger partial charge is 0.104 e. The number of hydrogen-bond donors (Lipinski definition) is 0. The van der Waals surface area contributed by atoms with Crippen LogP contribution in [0.15, 0.2) is 12.5 Å². The summed E-state index contributed by atoms with van der Waals surface area (Å²) in [5, 5.41) is 0. The van der Waals surface area contributed by atoms with Gasteiger partial charge < -0.3 is 9.30 Å². The van der Waals surface area contributed by atoms with E-state index < -0.39 is 0 Å². The summed E-state index contributed by atoms with van der Waals surface area (Å²) >= 11 is 0. The van der Waals surface area contributed by atoms with Crippen molar-refractivity contribution in [3.63, 3.8) is 0 Å². The molecular weight excluding hydrogens is 140 g/mol. The van der Waals surface area contributed by atoms with Crippen molar-refractivity contribution in [2.75, 3.05) is 7.11 Å². The number of nitrogens with zero attached hydrogens (tertiary/aromatic N) is 2. The summed E-state index contributed by atoms with van der Waals surface area (Å²) in [6, 6.07) is 0. The Hall–Kier alpha value is -0.830. The Balaban J connectivity index is 3.00. The predicted octanol–water partition coefficient (Wildman–Crippen LogP) is 1.30. The lowest BCUT2D eigenvalue weighted by Crippen LogP contribution is -2.22. The van der Waals surface area contributed by atoms with Crippen molar-refractivity contribution in [1.29, 1.82) is 0 Å². The summed E-state index contributed by atoms with van der Waals surface area (Å²) in [6.07, 6.45) is 3.60. The van der Waals surface area contributed by atoms with Gasteiger partial charge in [-0.05, 0) is 13.8 Å². The number of hydrogen-bond acceptors (Lipinski definition) is 2. The summed E-state index contributed by atoms with van der Waals surface area (Å²) in [7, 11) is 3.66. The van der Waals surface area contributed by atoms with Crippen LogP contribution in [0.1, 0.15) is 19.5 Å². The van der Waals surface area contributed by atoms with Crippen LogP contribution in [0.25, 0.3) is 0 Å². The van der Waals surface area contributed by atoms with Gasteiger partial charge in [0.1, 0.15) is 5.60 Å². The molecule has 11 heavy (non-hydrogen) atoms. The lowest BCUT2D eigenvalue weighted by molar-refractivity contribution is 0.0131. The zero-order valence-electron chi connectivity index (χ0n) is 7.46. The molecule has 0 unspecified atom stereocenters. The molecule has 0 N–H and O–H groups in total. The monoisotopic (exact) mass is 154 g/mol. The molecule has 62 valence electrons. The molecule has 0 saturated heterocycles. The molecule has 1 heterocycles. The molecule has 1 rings (SSSR count). The fourth-order valence-electron chi connectivity index (χ4n) is 1.04. The Morgan fingerprint density at radius 3 is 2.55 bits per heavy atom. The summed E-state index contributed by atoms with van der Waals surface area (Å²) in [6.45, 7) is 4.04. The molecule has 0 saturated carbocycles. The van der Waals surface area contributed by atoms with Crippen LogP contribution < -0.4 is 0 Å². The minimum atomic E-state index is -0.245. The van der Waals surface area contributed by atoms with Crippen molar-refractivity contribution >= 4 is 0 Å². The van der Waals surface area contributed by atoms with E-state index in [1.54, 1.807) is 13.4 Å². The van der Waals surface area contributed by atoms with Gasteiger partial charge in [-0.15, -0.1) is 0 Å². The number of methoxy groups -OCH3 is 1. The van der Waals surface area contributed by atoms with Gasteiger partial charge in [0, 0.05) is 14.2 Å². The van der Waals surface area contributed by atoms with Crippen LogP contribution in [0.2, 0.25) is 0 Å². The Morgan fingerprint density at radius 1 is 1.55 bits per heavy atom. The zero-order valence-corrected chi connectivity index (χ0v) is 7.46. The molecule has 1 aromatic heterocycles. The maximum Gasteiger partial charge on any atom is 0.104 e. The third-order valence-electron chi connectivity index (χ3n) is 1.94. The van der Waals surface area contributed by atoms with E-state index >= 15 is 0 Å². The fraction of sp³-hybridized carbons (Fsp3) is 0.625. The molecule has 1 aromatic rings. The van der Waals surface area contributed by atoms with Gasteiger partial charge in [0.15, 0.2) is 0 Å². The number of aryl methyl sites for hydroxylation is 1. The minimum absolute atomic E-state index is 0.245. The van der Waals surface area contributed by atoms with Gasteiger partial charge in [-0.2, -0.15) is 0 Å². The van der Waals surface area contributed by atoms with Gasteiger partial charge in [0.05, 0.1) is 18.2 Å². The maximum absolute atomic E-state index is 5.30. The van der Waals surface area contributed by atoms with Crippen LogP contribution in [0, 0.1) is 0 Å². The van der Waals surface area contributed by atoms with Crippen LogP contribution in [-0.2, 0) is 17.4 Å².